The number of nitrogens with one attached hydrogen (secondary N) is 2. The Hall–Kier alpha value is -5.15. The van der Waals surface area contributed by atoms with Gasteiger partial charge in [0.15, 0.2) is 5.75 Å². The van der Waals surface area contributed by atoms with Crippen LogP contribution in [0.3, 0.4) is 0 Å². The van der Waals surface area contributed by atoms with Crippen molar-refractivity contribution in [2.24, 2.45) is 5.73 Å². The Kier molecular flexibility index (Phi) is 10.9. The van der Waals surface area contributed by atoms with E-state index in [9.17, 15) is 14.4 Å². The molecule has 222 valence electrons. The number of amides is 3. The van der Waals surface area contributed by atoms with Gasteiger partial charge < -0.3 is 30.7 Å². The van der Waals surface area contributed by atoms with Gasteiger partial charge in [0.25, 0.3) is 0 Å². The van der Waals surface area contributed by atoms with Crippen LogP contribution in [0.1, 0.15) is 36.5 Å². The molecular formula is C34H36N4O5. The standard InChI is InChI=1S/C34H36N4O5/c1-24(39)37-28-14-10-26(11-15-28)23-38(31-8-3-4-9-32(31)43-30-7-5-6-27(20-30)21-35)34(41)19-18-33(40)36-22-25-12-16-29(42-2)17-13-25/h3-17,20H,18-19,21-23,35H2,1-2H3,(H,36,40)(H,37,39). The Bertz CT molecular complexity index is 1540. The topological polar surface area (TPSA) is 123 Å². The first-order chi connectivity index (χ1) is 20.8. The first-order valence-electron chi connectivity index (χ1n) is 14.0. The maximum atomic E-state index is 13.7. The van der Waals surface area contributed by atoms with Crippen molar-refractivity contribution < 1.29 is 23.9 Å². The lowest BCUT2D eigenvalue weighted by atomic mass is 10.1. The highest BCUT2D eigenvalue weighted by molar-refractivity contribution is 5.96. The molecule has 0 atom stereocenters. The molecule has 0 saturated carbocycles. The molecule has 0 saturated heterocycles. The number of para-hydroxylation sites is 2. The second kappa shape index (κ2) is 15.2. The van der Waals surface area contributed by atoms with Gasteiger partial charge in [-0.3, -0.25) is 14.4 Å². The van der Waals surface area contributed by atoms with Gasteiger partial charge >= 0.3 is 0 Å². The van der Waals surface area contributed by atoms with Crippen molar-refractivity contribution in [3.05, 3.63) is 114 Å². The van der Waals surface area contributed by atoms with Crippen LogP contribution in [0.15, 0.2) is 97.1 Å². The van der Waals surface area contributed by atoms with Gasteiger partial charge in [0, 0.05) is 38.5 Å². The SMILES string of the molecule is COc1ccc(CNC(=O)CCC(=O)N(Cc2ccc(NC(C)=O)cc2)c2ccccc2Oc2cccc(CN)c2)cc1. The van der Waals surface area contributed by atoms with Crippen LogP contribution >= 0.6 is 0 Å². The van der Waals surface area contributed by atoms with Gasteiger partial charge in [-0.1, -0.05) is 48.5 Å². The summed E-state index contributed by atoms with van der Waals surface area (Å²) in [4.78, 5) is 39.5. The number of hydrogen-bond donors (Lipinski definition) is 3. The Morgan fingerprint density at radius 1 is 0.791 bits per heavy atom. The van der Waals surface area contributed by atoms with Crippen molar-refractivity contribution in [3.63, 3.8) is 0 Å². The summed E-state index contributed by atoms with van der Waals surface area (Å²) in [6, 6.07) is 29.4. The zero-order valence-corrected chi connectivity index (χ0v) is 24.3. The molecule has 0 bridgehead atoms. The summed E-state index contributed by atoms with van der Waals surface area (Å²) in [5.41, 5.74) is 9.72. The monoisotopic (exact) mass is 580 g/mol. The summed E-state index contributed by atoms with van der Waals surface area (Å²) in [5, 5.41) is 5.63. The van der Waals surface area contributed by atoms with Gasteiger partial charge in [-0.25, -0.2) is 0 Å². The molecule has 0 aromatic heterocycles. The molecule has 0 aliphatic heterocycles. The third-order valence-electron chi connectivity index (χ3n) is 6.65. The first-order valence-corrected chi connectivity index (χ1v) is 14.0. The van der Waals surface area contributed by atoms with E-state index in [1.54, 1.807) is 30.2 Å². The van der Waals surface area contributed by atoms with Gasteiger partial charge in [0.1, 0.15) is 11.5 Å². The highest BCUT2D eigenvalue weighted by atomic mass is 16.5. The molecule has 0 spiro atoms. The molecule has 0 heterocycles. The lowest BCUT2D eigenvalue weighted by Gasteiger charge is -2.25. The molecule has 0 radical (unpaired) electrons. The van der Waals surface area contributed by atoms with Crippen LogP contribution in [0, 0.1) is 0 Å². The number of hydrogen-bond acceptors (Lipinski definition) is 6. The quantitative estimate of drug-likeness (QED) is 0.191. The Morgan fingerprint density at radius 2 is 1.51 bits per heavy atom. The fraction of sp³-hybridized carbons (Fsp3) is 0.206. The van der Waals surface area contributed by atoms with Crippen molar-refractivity contribution in [2.75, 3.05) is 17.3 Å². The van der Waals surface area contributed by atoms with Gasteiger partial charge in [0.2, 0.25) is 17.7 Å². The van der Waals surface area contributed by atoms with Gasteiger partial charge in [0.05, 0.1) is 19.3 Å². The van der Waals surface area contributed by atoms with E-state index >= 15 is 0 Å². The first kappa shape index (κ1) is 30.8. The highest BCUT2D eigenvalue weighted by Gasteiger charge is 2.21. The van der Waals surface area contributed by atoms with E-state index in [1.807, 2.05) is 78.9 Å². The minimum absolute atomic E-state index is 0.00455. The number of nitrogens with zero attached hydrogens (tertiary/aromatic N) is 1. The molecule has 0 aliphatic carbocycles. The van der Waals surface area contributed by atoms with Crippen molar-refractivity contribution >= 4 is 29.1 Å². The molecule has 4 rings (SSSR count). The lowest BCUT2D eigenvalue weighted by molar-refractivity contribution is -0.125. The Morgan fingerprint density at radius 3 is 2.21 bits per heavy atom. The van der Waals surface area contributed by atoms with Crippen LogP contribution < -0.4 is 30.7 Å². The molecule has 9 heteroatoms. The molecule has 43 heavy (non-hydrogen) atoms. The molecule has 4 aromatic rings. The minimum Gasteiger partial charge on any atom is -0.497 e. The summed E-state index contributed by atoms with van der Waals surface area (Å²) in [6.07, 6.45) is 0.0178. The highest BCUT2D eigenvalue weighted by Crippen LogP contribution is 2.34. The fourth-order valence-corrected chi connectivity index (χ4v) is 4.40. The predicted molar refractivity (Wildman–Crippen MR) is 167 cm³/mol. The van der Waals surface area contributed by atoms with Gasteiger partial charge in [-0.15, -0.1) is 0 Å². The number of methoxy groups -OCH3 is 1. The Labute approximate surface area is 251 Å². The van der Waals surface area contributed by atoms with E-state index in [1.165, 1.54) is 6.92 Å². The summed E-state index contributed by atoms with van der Waals surface area (Å²) in [7, 11) is 1.60. The minimum atomic E-state index is -0.239. The van der Waals surface area contributed by atoms with Crippen molar-refractivity contribution in [2.45, 2.75) is 39.4 Å². The lowest BCUT2D eigenvalue weighted by Crippen LogP contribution is -2.32. The molecule has 4 N–H and O–H groups in total. The Balaban J connectivity index is 1.51. The molecule has 3 amide bonds. The van der Waals surface area contributed by atoms with Crippen molar-refractivity contribution in [1.29, 1.82) is 0 Å². The second-order valence-corrected chi connectivity index (χ2v) is 9.90. The van der Waals surface area contributed by atoms with Gasteiger partial charge in [-0.2, -0.15) is 0 Å². The molecule has 4 aromatic carbocycles. The van der Waals surface area contributed by atoms with Crippen LogP contribution in [-0.4, -0.2) is 24.8 Å². The van der Waals surface area contributed by atoms with Crippen LogP contribution in [0.2, 0.25) is 0 Å². The summed E-state index contributed by atoms with van der Waals surface area (Å²) in [6.45, 7) is 2.40. The largest absolute Gasteiger partial charge is 0.497 e. The third kappa shape index (κ3) is 9.17. The second-order valence-electron chi connectivity index (χ2n) is 9.90. The smallest absolute Gasteiger partial charge is 0.227 e. The molecular weight excluding hydrogens is 544 g/mol. The van der Waals surface area contributed by atoms with Crippen LogP contribution in [0.4, 0.5) is 11.4 Å². The van der Waals surface area contributed by atoms with Crippen LogP contribution in [-0.2, 0) is 34.0 Å². The molecule has 9 nitrogen and oxygen atoms in total. The number of nitrogens with two attached hydrogens (primary N) is 1. The number of anilines is 2. The normalized spacial score (nSPS) is 10.5. The van der Waals surface area contributed by atoms with Crippen LogP contribution in [0.5, 0.6) is 17.2 Å². The number of carbonyl (C=O) groups is 3. The number of rotatable bonds is 13. The van der Waals surface area contributed by atoms with Crippen molar-refractivity contribution in [1.82, 2.24) is 5.32 Å². The molecule has 0 unspecified atom stereocenters. The summed E-state index contributed by atoms with van der Waals surface area (Å²) < 4.78 is 11.4. The summed E-state index contributed by atoms with van der Waals surface area (Å²) in [5.74, 6) is 1.19. The number of ether oxygens (including phenoxy) is 2. The van der Waals surface area contributed by atoms with E-state index in [0.29, 0.717) is 36.0 Å². The van der Waals surface area contributed by atoms with E-state index in [4.69, 9.17) is 15.2 Å². The van der Waals surface area contributed by atoms with E-state index in [0.717, 1.165) is 22.4 Å². The van der Waals surface area contributed by atoms with E-state index in [-0.39, 0.29) is 37.1 Å². The summed E-state index contributed by atoms with van der Waals surface area (Å²) >= 11 is 0. The predicted octanol–water partition coefficient (Wildman–Crippen LogP) is 5.53. The van der Waals surface area contributed by atoms with Crippen molar-refractivity contribution in [3.8, 4) is 17.2 Å². The average molecular weight is 581 g/mol. The zero-order chi connectivity index (χ0) is 30.6. The maximum absolute atomic E-state index is 13.7. The maximum Gasteiger partial charge on any atom is 0.227 e. The van der Waals surface area contributed by atoms with Gasteiger partial charge in [-0.05, 0) is 65.2 Å². The van der Waals surface area contributed by atoms with E-state index in [2.05, 4.69) is 10.6 Å². The molecule has 0 aliphatic rings. The van der Waals surface area contributed by atoms with Crippen LogP contribution in [0.25, 0.3) is 0 Å². The fourth-order valence-electron chi connectivity index (χ4n) is 4.40. The molecule has 0 fully saturated rings. The van der Waals surface area contributed by atoms with E-state index < -0.39 is 0 Å². The number of carbonyl (C=O) groups excluding carboxylic acids is 3. The zero-order valence-electron chi connectivity index (χ0n) is 24.3. The third-order valence-corrected chi connectivity index (χ3v) is 6.65. The number of benzene rings is 4. The average Bonchev–Trinajstić information content (AvgIpc) is 3.02.